The summed E-state index contributed by atoms with van der Waals surface area (Å²) in [4.78, 5) is 73.9. The molecule has 6 heterocycles. The topological polar surface area (TPSA) is 187 Å². The molecule has 15 heteroatoms. The van der Waals surface area contributed by atoms with E-state index in [0.29, 0.717) is 35.3 Å². The number of fused-ring (bicyclic) bond motifs is 2. The highest BCUT2D eigenvalue weighted by atomic mass is 16.5. The van der Waals surface area contributed by atoms with Crippen LogP contribution in [0, 0.1) is 12.8 Å². The summed E-state index contributed by atoms with van der Waals surface area (Å²) in [6.07, 6.45) is 4.50. The van der Waals surface area contributed by atoms with Gasteiger partial charge in [-0.05, 0) is 134 Å². The number of aryl methyl sites for hydroxylation is 1. The molecule has 3 saturated heterocycles. The number of H-pyrrole nitrogens is 1. The van der Waals surface area contributed by atoms with Crippen LogP contribution in [0.25, 0.3) is 33.3 Å². The number of aromatic amines is 1. The largest absolute Gasteiger partial charge is 0.372 e. The van der Waals surface area contributed by atoms with Gasteiger partial charge in [0.05, 0.1) is 22.3 Å². The second-order valence-electron chi connectivity index (χ2n) is 19.6. The number of carbonyl (C=O) groups is 5. The lowest BCUT2D eigenvalue weighted by Gasteiger charge is -2.38. The third-order valence-electron chi connectivity index (χ3n) is 14.1. The fourth-order valence-corrected chi connectivity index (χ4v) is 10.1. The average Bonchev–Trinajstić information content (AvgIpc) is 4.06. The molecule has 0 aliphatic carbocycles. The molecule has 344 valence electrons. The van der Waals surface area contributed by atoms with Gasteiger partial charge in [-0.25, -0.2) is 0 Å². The Kier molecular flexibility index (Phi) is 11.6. The van der Waals surface area contributed by atoms with Gasteiger partial charge in [0.2, 0.25) is 11.8 Å². The van der Waals surface area contributed by atoms with Crippen molar-refractivity contribution in [3.05, 3.63) is 118 Å². The lowest BCUT2D eigenvalue weighted by molar-refractivity contribution is -0.136. The summed E-state index contributed by atoms with van der Waals surface area (Å²) in [6, 6.07) is 26.1. The number of rotatable bonds is 10. The number of aromatic nitrogens is 4. The molecule has 1 atom stereocenters. The van der Waals surface area contributed by atoms with Crippen molar-refractivity contribution in [1.29, 1.82) is 0 Å². The molecule has 4 aliphatic rings. The van der Waals surface area contributed by atoms with Gasteiger partial charge in [-0.15, -0.1) is 0 Å². The molecule has 0 saturated carbocycles. The Morgan fingerprint density at radius 2 is 1.54 bits per heavy atom. The first-order chi connectivity index (χ1) is 32.3. The molecular formula is C52H55N9O6. The molecule has 0 spiro atoms. The zero-order valence-corrected chi connectivity index (χ0v) is 38.4. The van der Waals surface area contributed by atoms with Crippen LogP contribution in [-0.4, -0.2) is 98.4 Å². The monoisotopic (exact) mass is 901 g/mol. The van der Waals surface area contributed by atoms with Gasteiger partial charge in [0, 0.05) is 54.7 Å². The molecule has 3 N–H and O–H groups in total. The van der Waals surface area contributed by atoms with Crippen LogP contribution in [0.2, 0.25) is 0 Å². The van der Waals surface area contributed by atoms with E-state index in [1.807, 2.05) is 52.0 Å². The maximum absolute atomic E-state index is 13.4. The Morgan fingerprint density at radius 3 is 2.25 bits per heavy atom. The minimum absolute atomic E-state index is 0.0446. The second-order valence-corrected chi connectivity index (χ2v) is 19.6. The summed E-state index contributed by atoms with van der Waals surface area (Å²) in [7, 11) is 0. The molecule has 3 fully saturated rings. The molecular weight excluding hydrogens is 847 g/mol. The quantitative estimate of drug-likeness (QED) is 0.117. The third-order valence-corrected chi connectivity index (χ3v) is 14.1. The zero-order valence-electron chi connectivity index (χ0n) is 38.4. The standard InChI is InChI=1S/C52H55N9O6/c1-30-25-36(5-6-37(30)28-53-47(64)48-55-51(58-67-48)52(2,3)4)45-41-27-35(10-14-42(41)56-57-45)32-7-11-38(12-8-32)60-23-17-31(18-24-60)29-59-21-19-33(20-22-59)34-9-13-39-40(26-34)50(66)61(49(39)65)43-15-16-44(62)54-46(43)63/h5-14,25-27,31,33,43H,15-24,28-29H2,1-4H3,(H,53,64)(H,56,57)(H,54,62,63). The average molecular weight is 902 g/mol. The van der Waals surface area contributed by atoms with E-state index in [1.54, 1.807) is 6.07 Å². The Balaban J connectivity index is 0.708. The number of anilines is 1. The smallest absolute Gasteiger partial charge is 0.315 e. The molecule has 1 unspecified atom stereocenters. The number of carbonyl (C=O) groups excluding carboxylic acids is 5. The number of imide groups is 2. The van der Waals surface area contributed by atoms with E-state index < -0.39 is 29.7 Å². The van der Waals surface area contributed by atoms with Gasteiger partial charge >= 0.3 is 11.8 Å². The molecule has 15 nitrogen and oxygen atoms in total. The van der Waals surface area contributed by atoms with Gasteiger partial charge in [0.1, 0.15) is 6.04 Å². The zero-order chi connectivity index (χ0) is 46.6. The van der Waals surface area contributed by atoms with Crippen molar-refractivity contribution in [2.45, 2.75) is 90.1 Å². The van der Waals surface area contributed by atoms with Crippen molar-refractivity contribution in [3.63, 3.8) is 0 Å². The van der Waals surface area contributed by atoms with Gasteiger partial charge < -0.3 is 19.6 Å². The molecule has 0 bridgehead atoms. The number of piperidine rings is 3. The lowest BCUT2D eigenvalue weighted by Crippen LogP contribution is -2.54. The lowest BCUT2D eigenvalue weighted by atomic mass is 9.87. The third kappa shape index (κ3) is 8.75. The van der Waals surface area contributed by atoms with E-state index in [4.69, 9.17) is 9.62 Å². The van der Waals surface area contributed by atoms with E-state index in [0.717, 1.165) is 113 Å². The number of hydrogen-bond acceptors (Lipinski definition) is 11. The minimum atomic E-state index is -0.957. The van der Waals surface area contributed by atoms with Gasteiger partial charge in [-0.1, -0.05) is 62.3 Å². The van der Waals surface area contributed by atoms with Crippen LogP contribution < -0.4 is 15.5 Å². The fraction of sp³-hybridized carbons (Fsp3) is 0.385. The maximum Gasteiger partial charge on any atom is 0.315 e. The Bertz CT molecular complexity index is 2910. The number of nitrogens with zero attached hydrogens (tertiary/aromatic N) is 6. The van der Waals surface area contributed by atoms with E-state index in [2.05, 4.69) is 84.2 Å². The van der Waals surface area contributed by atoms with Crippen LogP contribution in [0.15, 0.2) is 83.4 Å². The number of nitrogens with one attached hydrogen (secondary N) is 3. The van der Waals surface area contributed by atoms with Crippen molar-refractivity contribution in [3.8, 4) is 22.4 Å². The van der Waals surface area contributed by atoms with Crippen LogP contribution in [0.3, 0.4) is 0 Å². The molecule has 5 amide bonds. The molecule has 0 radical (unpaired) electrons. The van der Waals surface area contributed by atoms with Crippen LogP contribution in [0.5, 0.6) is 0 Å². The molecule has 4 aromatic carbocycles. The van der Waals surface area contributed by atoms with Crippen molar-refractivity contribution < 1.29 is 28.5 Å². The van der Waals surface area contributed by atoms with Crippen LogP contribution in [-0.2, 0) is 21.5 Å². The van der Waals surface area contributed by atoms with Gasteiger partial charge in [0.15, 0.2) is 5.82 Å². The van der Waals surface area contributed by atoms with E-state index in [-0.39, 0.29) is 30.1 Å². The highest BCUT2D eigenvalue weighted by Crippen LogP contribution is 2.36. The number of likely N-dealkylation sites (tertiary alicyclic amines) is 1. The highest BCUT2D eigenvalue weighted by molar-refractivity contribution is 6.23. The summed E-state index contributed by atoms with van der Waals surface area (Å²) in [5.41, 5.74) is 9.76. The van der Waals surface area contributed by atoms with Crippen molar-refractivity contribution in [2.24, 2.45) is 5.92 Å². The van der Waals surface area contributed by atoms with Crippen molar-refractivity contribution in [2.75, 3.05) is 37.6 Å². The first-order valence-corrected chi connectivity index (χ1v) is 23.4. The molecule has 2 aromatic heterocycles. The van der Waals surface area contributed by atoms with Crippen LogP contribution >= 0.6 is 0 Å². The second kappa shape index (κ2) is 17.7. The van der Waals surface area contributed by atoms with Gasteiger partial charge in [-0.2, -0.15) is 10.1 Å². The summed E-state index contributed by atoms with van der Waals surface area (Å²) < 4.78 is 5.21. The van der Waals surface area contributed by atoms with Crippen molar-refractivity contribution >= 4 is 46.1 Å². The Hall–Kier alpha value is -7.00. The first kappa shape index (κ1) is 43.9. The SMILES string of the molecule is Cc1cc(-c2n[nH]c3ccc(-c4ccc(N5CCC(CN6CCC(c7ccc8c(c7)C(=O)N(C7CCC(=O)NC7=O)C8=O)CC6)CC5)cc4)cc23)ccc1CNC(=O)c1nc(C(C)(C)C)no1. The predicted octanol–water partition coefficient (Wildman–Crippen LogP) is 7.31. The van der Waals surface area contributed by atoms with Gasteiger partial charge in [-0.3, -0.25) is 39.3 Å². The fourth-order valence-electron chi connectivity index (χ4n) is 10.1. The van der Waals surface area contributed by atoms with Crippen LogP contribution in [0.4, 0.5) is 5.69 Å². The predicted molar refractivity (Wildman–Crippen MR) is 252 cm³/mol. The van der Waals surface area contributed by atoms with Crippen molar-refractivity contribution in [1.82, 2.24) is 40.8 Å². The van der Waals surface area contributed by atoms with Gasteiger partial charge in [0.25, 0.3) is 11.8 Å². The molecule has 67 heavy (non-hydrogen) atoms. The molecule has 6 aromatic rings. The molecule has 10 rings (SSSR count). The number of benzene rings is 4. The summed E-state index contributed by atoms with van der Waals surface area (Å²) in [5.74, 6) is -0.918. The number of amides is 5. The summed E-state index contributed by atoms with van der Waals surface area (Å²) >= 11 is 0. The normalized spacial score (nSPS) is 18.8. The summed E-state index contributed by atoms with van der Waals surface area (Å²) in [6.45, 7) is 13.3. The Labute approximate surface area is 388 Å². The highest BCUT2D eigenvalue weighted by Gasteiger charge is 2.45. The molecule has 4 aliphatic heterocycles. The van der Waals surface area contributed by atoms with Crippen LogP contribution in [0.1, 0.15) is 119 Å². The first-order valence-electron chi connectivity index (χ1n) is 23.4. The van der Waals surface area contributed by atoms with E-state index in [9.17, 15) is 24.0 Å². The minimum Gasteiger partial charge on any atom is -0.372 e. The summed E-state index contributed by atoms with van der Waals surface area (Å²) in [5, 5.41) is 18.1. The Morgan fingerprint density at radius 1 is 0.806 bits per heavy atom. The van der Waals surface area contributed by atoms with E-state index in [1.165, 1.54) is 5.69 Å². The maximum atomic E-state index is 13.4. The number of hydrogen-bond donors (Lipinski definition) is 3. The van der Waals surface area contributed by atoms with E-state index >= 15 is 0 Å².